The van der Waals surface area contributed by atoms with Crippen LogP contribution in [0.2, 0.25) is 0 Å². The third kappa shape index (κ3) is 45.2. The molecular weight excluding hydrogens is 823 g/mol. The number of hydrogen-bond acceptors (Lipinski definition) is 7. The maximum Gasteiger partial charge on any atom is 0.306 e. The Bertz CT molecular complexity index is 1440. The highest BCUT2D eigenvalue weighted by atomic mass is 16.6. The van der Waals surface area contributed by atoms with Crippen LogP contribution < -0.4 is 5.11 Å². The van der Waals surface area contributed by atoms with Gasteiger partial charge in [0.25, 0.3) is 0 Å². The van der Waals surface area contributed by atoms with Gasteiger partial charge in [-0.3, -0.25) is 9.59 Å². The van der Waals surface area contributed by atoms with E-state index in [1.54, 1.807) is 21.1 Å². The lowest BCUT2D eigenvalue weighted by Crippen LogP contribution is -2.55. The number of ether oxygens (including phenoxy) is 3. The van der Waals surface area contributed by atoms with Crippen molar-refractivity contribution in [3.8, 4) is 0 Å². The Kier molecular flexibility index (Phi) is 44.6. The predicted molar refractivity (Wildman–Crippen MR) is 277 cm³/mol. The van der Waals surface area contributed by atoms with E-state index in [9.17, 15) is 19.5 Å². The number of esters is 2. The minimum atomic E-state index is -1.13. The van der Waals surface area contributed by atoms with E-state index < -0.39 is 18.1 Å². The van der Waals surface area contributed by atoms with Crippen molar-refractivity contribution in [3.63, 3.8) is 0 Å². The Balaban J connectivity index is 4.32. The molecule has 8 nitrogen and oxygen atoms in total. The number of carbonyl (C=O) groups excluding carboxylic acids is 3. The van der Waals surface area contributed by atoms with E-state index >= 15 is 0 Å². The van der Waals surface area contributed by atoms with Gasteiger partial charge in [0.1, 0.15) is 12.6 Å². The number of rotatable bonds is 45. The summed E-state index contributed by atoms with van der Waals surface area (Å²) in [5.74, 6) is -1.78. The lowest BCUT2D eigenvalue weighted by atomic mass is 10.1. The Morgan fingerprint density at radius 2 is 0.803 bits per heavy atom. The van der Waals surface area contributed by atoms with Crippen LogP contribution in [-0.4, -0.2) is 75.5 Å². The lowest BCUT2D eigenvalue weighted by molar-refractivity contribution is -0.889. The summed E-state index contributed by atoms with van der Waals surface area (Å²) in [5.41, 5.74) is 0. The van der Waals surface area contributed by atoms with E-state index in [-0.39, 0.29) is 42.7 Å². The molecule has 0 bridgehead atoms. The van der Waals surface area contributed by atoms with E-state index in [0.29, 0.717) is 12.8 Å². The molecule has 0 aliphatic rings. The summed E-state index contributed by atoms with van der Waals surface area (Å²) in [6.07, 6.45) is 65.4. The van der Waals surface area contributed by atoms with Gasteiger partial charge in [0.2, 0.25) is 0 Å². The molecule has 0 spiro atoms. The van der Waals surface area contributed by atoms with Gasteiger partial charge in [0.15, 0.2) is 6.10 Å². The minimum absolute atomic E-state index is 0.0239. The van der Waals surface area contributed by atoms with Gasteiger partial charge in [0.05, 0.1) is 40.3 Å². The number of carbonyl (C=O) groups is 3. The summed E-state index contributed by atoms with van der Waals surface area (Å²) in [6, 6.07) is -0.738. The van der Waals surface area contributed by atoms with Crippen LogP contribution in [0, 0.1) is 0 Å². The van der Waals surface area contributed by atoms with Crippen LogP contribution in [0.4, 0.5) is 0 Å². The monoisotopic (exact) mass is 918 g/mol. The molecule has 2 atom stereocenters. The van der Waals surface area contributed by atoms with E-state index in [2.05, 4.69) is 123 Å². The van der Waals surface area contributed by atoms with Crippen molar-refractivity contribution in [1.82, 2.24) is 0 Å². The van der Waals surface area contributed by atoms with Crippen LogP contribution in [0.1, 0.15) is 187 Å². The van der Waals surface area contributed by atoms with Gasteiger partial charge < -0.3 is 28.6 Å². The molecule has 0 radical (unpaired) electrons. The molecule has 0 aliphatic carbocycles. The van der Waals surface area contributed by atoms with Crippen LogP contribution in [0.25, 0.3) is 0 Å². The molecule has 0 N–H and O–H groups in total. The zero-order valence-electron chi connectivity index (χ0n) is 42.6. The number of carboxylic acids is 1. The topological polar surface area (TPSA) is 102 Å². The van der Waals surface area contributed by atoms with Gasteiger partial charge in [-0.25, -0.2) is 0 Å². The van der Waals surface area contributed by atoms with E-state index in [1.807, 2.05) is 0 Å². The molecule has 0 heterocycles. The van der Waals surface area contributed by atoms with E-state index in [4.69, 9.17) is 14.2 Å². The fraction of sp³-hybridized carbons (Fsp3) is 0.638. The highest BCUT2D eigenvalue weighted by Gasteiger charge is 2.25. The summed E-state index contributed by atoms with van der Waals surface area (Å²) in [5, 5.41) is 11.7. The van der Waals surface area contributed by atoms with Crippen molar-refractivity contribution in [2.75, 3.05) is 41.0 Å². The average Bonchev–Trinajstić information content (AvgIpc) is 3.28. The third-order valence-corrected chi connectivity index (χ3v) is 10.9. The molecule has 0 rings (SSSR count). The lowest BCUT2D eigenvalue weighted by Gasteiger charge is -2.34. The number of likely N-dealkylation sites (N-methyl/N-ethyl adjacent to an activating group) is 1. The standard InChI is InChI=1S/C58H95NO7/c1-6-8-10-12-14-16-18-20-22-24-26-28-29-31-33-35-37-39-41-43-45-47-49-57(61)66-54(52-64-51-50-55(58(62)63)59(3,4)5)53-65-56(60)48-46-44-42-40-38-36-34-32-30-27-25-23-21-19-17-15-13-11-9-7-2/h8-11,14-17,20-23,26-28,30-31,33,54-55H,6-7,12-13,18-19,24-25,29,32,34-53H2,1-5H3/b10-8+,11-9+,16-14+,17-15+,22-20+,23-21+,28-26+,30-27+,33-31+. The Morgan fingerprint density at radius 3 is 1.18 bits per heavy atom. The summed E-state index contributed by atoms with van der Waals surface area (Å²) >= 11 is 0. The fourth-order valence-electron chi connectivity index (χ4n) is 6.97. The second-order valence-corrected chi connectivity index (χ2v) is 18.0. The minimum Gasteiger partial charge on any atom is -0.544 e. The Labute approximate surface area is 404 Å². The maximum atomic E-state index is 12.8. The average molecular weight is 918 g/mol. The molecule has 0 fully saturated rings. The van der Waals surface area contributed by atoms with E-state index in [1.165, 1.54) is 32.1 Å². The largest absolute Gasteiger partial charge is 0.544 e. The molecule has 8 heteroatoms. The number of hydrogen-bond donors (Lipinski definition) is 0. The molecule has 66 heavy (non-hydrogen) atoms. The number of allylic oxidation sites excluding steroid dienone is 18. The molecule has 2 unspecified atom stereocenters. The van der Waals surface area contributed by atoms with Crippen LogP contribution in [0.5, 0.6) is 0 Å². The highest BCUT2D eigenvalue weighted by molar-refractivity contribution is 5.70. The van der Waals surface area contributed by atoms with Crippen molar-refractivity contribution in [2.24, 2.45) is 0 Å². The zero-order valence-corrected chi connectivity index (χ0v) is 42.6. The van der Waals surface area contributed by atoms with Crippen molar-refractivity contribution in [1.29, 1.82) is 0 Å². The van der Waals surface area contributed by atoms with Crippen LogP contribution in [0.15, 0.2) is 109 Å². The smallest absolute Gasteiger partial charge is 0.306 e. The van der Waals surface area contributed by atoms with Crippen molar-refractivity contribution < 1.29 is 38.2 Å². The number of quaternary nitrogens is 1. The molecule has 374 valence electrons. The van der Waals surface area contributed by atoms with Crippen molar-refractivity contribution in [3.05, 3.63) is 109 Å². The van der Waals surface area contributed by atoms with Gasteiger partial charge in [-0.05, 0) is 96.3 Å². The molecule has 0 aromatic heterocycles. The first-order chi connectivity index (χ1) is 32.1. The molecule has 0 aromatic carbocycles. The summed E-state index contributed by atoms with van der Waals surface area (Å²) in [7, 11) is 5.40. The Morgan fingerprint density at radius 1 is 0.455 bits per heavy atom. The molecule has 0 saturated heterocycles. The van der Waals surface area contributed by atoms with E-state index in [0.717, 1.165) is 122 Å². The van der Waals surface area contributed by atoms with Crippen LogP contribution >= 0.6 is 0 Å². The zero-order chi connectivity index (χ0) is 48.4. The number of nitrogens with zero attached hydrogens (tertiary/aromatic N) is 1. The first-order valence-corrected chi connectivity index (χ1v) is 25.9. The van der Waals surface area contributed by atoms with Gasteiger partial charge >= 0.3 is 11.9 Å². The van der Waals surface area contributed by atoms with Crippen molar-refractivity contribution in [2.45, 2.75) is 199 Å². The first-order valence-electron chi connectivity index (χ1n) is 25.9. The van der Waals surface area contributed by atoms with Crippen molar-refractivity contribution >= 4 is 17.9 Å². The normalized spacial score (nSPS) is 13.8. The van der Waals surface area contributed by atoms with Gasteiger partial charge in [-0.1, -0.05) is 181 Å². The fourth-order valence-corrected chi connectivity index (χ4v) is 6.97. The van der Waals surface area contributed by atoms with Gasteiger partial charge in [-0.2, -0.15) is 0 Å². The molecule has 0 amide bonds. The second-order valence-electron chi connectivity index (χ2n) is 18.0. The first kappa shape index (κ1) is 62.0. The second kappa shape index (κ2) is 47.5. The highest BCUT2D eigenvalue weighted by Crippen LogP contribution is 2.14. The summed E-state index contributed by atoms with van der Waals surface area (Å²) < 4.78 is 17.2. The number of aliphatic carboxylic acids is 1. The quantitative estimate of drug-likeness (QED) is 0.0259. The summed E-state index contributed by atoms with van der Waals surface area (Å²) in [4.78, 5) is 37.1. The molecule has 0 aliphatic heterocycles. The SMILES string of the molecule is CC/C=C/C/C=C/C/C=C/C/C=C/C/C=C/CCCCCCCCC(=O)OC(COCCC(C(=O)[O-])[N+](C)(C)C)COC(=O)CCCCCCCCC/C=C/C/C=C/C/C=C/C/C=C/CC. The van der Waals surface area contributed by atoms with Crippen LogP contribution in [-0.2, 0) is 28.6 Å². The predicted octanol–water partition coefficient (Wildman–Crippen LogP) is 13.9. The van der Waals surface area contributed by atoms with Gasteiger partial charge in [0, 0.05) is 19.3 Å². The number of unbranched alkanes of at least 4 members (excludes halogenated alkanes) is 13. The van der Waals surface area contributed by atoms with Gasteiger partial charge in [-0.15, -0.1) is 0 Å². The third-order valence-electron chi connectivity index (χ3n) is 10.9. The molecule has 0 aromatic rings. The number of carboxylic acid groups (broad SMARTS) is 1. The Hall–Kier alpha value is -4.01. The maximum absolute atomic E-state index is 12.8. The van der Waals surface area contributed by atoms with Crippen LogP contribution in [0.3, 0.4) is 0 Å². The molecular formula is C58H95NO7. The molecule has 0 saturated carbocycles. The summed E-state index contributed by atoms with van der Waals surface area (Å²) in [6.45, 7) is 4.40.